The quantitative estimate of drug-likeness (QED) is 0.528. The van der Waals surface area contributed by atoms with Crippen molar-refractivity contribution in [3.63, 3.8) is 0 Å². The van der Waals surface area contributed by atoms with Crippen molar-refractivity contribution in [3.8, 4) is 0 Å². The van der Waals surface area contributed by atoms with Crippen molar-refractivity contribution in [2.75, 3.05) is 6.61 Å². The van der Waals surface area contributed by atoms with Crippen LogP contribution in [-0.2, 0) is 9.53 Å². The number of hydrogen-bond donors (Lipinski definition) is 2. The second-order valence-electron chi connectivity index (χ2n) is 2.14. The molecule has 0 bridgehead atoms. The third kappa shape index (κ3) is 1.48. The average molecular weight is 143 g/mol. The molecule has 0 aromatic heterocycles. The van der Waals surface area contributed by atoms with Crippen LogP contribution in [0.4, 0.5) is 0 Å². The van der Waals surface area contributed by atoms with E-state index in [1.807, 2.05) is 0 Å². The Bertz CT molecular complexity index is 176. The van der Waals surface area contributed by atoms with E-state index in [0.717, 1.165) is 0 Å². The molecule has 0 saturated carbocycles. The molecule has 10 heavy (non-hydrogen) atoms. The van der Waals surface area contributed by atoms with Crippen molar-refractivity contribution in [2.24, 2.45) is 5.73 Å². The third-order valence-electron chi connectivity index (χ3n) is 1.28. The molecule has 0 fully saturated rings. The second kappa shape index (κ2) is 2.70. The number of carbonyl (C=O) groups is 1. The summed E-state index contributed by atoms with van der Waals surface area (Å²) in [5.74, 6) is -1.08. The smallest absolute Gasteiger partial charge is 0.370 e. The zero-order valence-corrected chi connectivity index (χ0v) is 5.41. The maximum atomic E-state index is 10.3. The minimum atomic E-state index is -1.05. The molecule has 1 heterocycles. The fourth-order valence-electron chi connectivity index (χ4n) is 0.764. The maximum Gasteiger partial charge on any atom is 0.370 e. The zero-order chi connectivity index (χ0) is 7.56. The monoisotopic (exact) mass is 143 g/mol. The standard InChI is InChI=1S/C6H9NO3/c7-4-1-2-10-5(3-4)6(8)9/h3-4H,1-2,7H2,(H,8,9). The first kappa shape index (κ1) is 7.08. The Balaban J connectivity index is 2.66. The molecule has 0 spiro atoms. The van der Waals surface area contributed by atoms with Gasteiger partial charge in [0.25, 0.3) is 0 Å². The lowest BCUT2D eigenvalue weighted by Crippen LogP contribution is -2.26. The van der Waals surface area contributed by atoms with Gasteiger partial charge in [-0.25, -0.2) is 4.79 Å². The van der Waals surface area contributed by atoms with Crippen molar-refractivity contribution in [2.45, 2.75) is 12.5 Å². The summed E-state index contributed by atoms with van der Waals surface area (Å²) in [7, 11) is 0. The van der Waals surface area contributed by atoms with Crippen LogP contribution in [0.1, 0.15) is 6.42 Å². The molecule has 0 aromatic rings. The molecule has 1 aliphatic heterocycles. The highest BCUT2D eigenvalue weighted by molar-refractivity contribution is 5.84. The van der Waals surface area contributed by atoms with Gasteiger partial charge in [0.1, 0.15) is 0 Å². The summed E-state index contributed by atoms with van der Waals surface area (Å²) < 4.78 is 4.79. The van der Waals surface area contributed by atoms with Crippen molar-refractivity contribution in [1.82, 2.24) is 0 Å². The van der Waals surface area contributed by atoms with Crippen LogP contribution in [-0.4, -0.2) is 23.7 Å². The highest BCUT2D eigenvalue weighted by Gasteiger charge is 2.15. The molecule has 0 aromatic carbocycles. The fraction of sp³-hybridized carbons (Fsp3) is 0.500. The van der Waals surface area contributed by atoms with Crippen molar-refractivity contribution in [3.05, 3.63) is 11.8 Å². The number of hydrogen-bond acceptors (Lipinski definition) is 3. The average Bonchev–Trinajstić information content (AvgIpc) is 1.88. The Hall–Kier alpha value is -1.03. The van der Waals surface area contributed by atoms with Crippen LogP contribution < -0.4 is 5.73 Å². The fourth-order valence-corrected chi connectivity index (χ4v) is 0.764. The molecule has 0 saturated heterocycles. The Morgan fingerprint density at radius 2 is 2.60 bits per heavy atom. The van der Waals surface area contributed by atoms with E-state index in [2.05, 4.69) is 0 Å². The molecule has 1 rings (SSSR count). The summed E-state index contributed by atoms with van der Waals surface area (Å²) in [5, 5.41) is 8.41. The first-order valence-corrected chi connectivity index (χ1v) is 3.03. The van der Waals surface area contributed by atoms with Gasteiger partial charge in [-0.1, -0.05) is 0 Å². The molecule has 4 nitrogen and oxygen atoms in total. The number of aliphatic carboxylic acids is 1. The Labute approximate surface area is 58.3 Å². The van der Waals surface area contributed by atoms with Crippen molar-refractivity contribution < 1.29 is 14.6 Å². The molecule has 1 atom stereocenters. The molecule has 0 radical (unpaired) electrons. The number of rotatable bonds is 1. The van der Waals surface area contributed by atoms with E-state index in [1.54, 1.807) is 0 Å². The van der Waals surface area contributed by atoms with Gasteiger partial charge in [-0.05, 0) is 6.08 Å². The molecule has 0 amide bonds. The van der Waals surface area contributed by atoms with Gasteiger partial charge in [-0.3, -0.25) is 0 Å². The van der Waals surface area contributed by atoms with Crippen LogP contribution in [0.5, 0.6) is 0 Å². The van der Waals surface area contributed by atoms with Gasteiger partial charge < -0.3 is 15.6 Å². The minimum absolute atomic E-state index is 0.0289. The minimum Gasteiger partial charge on any atom is -0.487 e. The van der Waals surface area contributed by atoms with Crippen LogP contribution in [0.3, 0.4) is 0 Å². The normalized spacial score (nSPS) is 24.9. The molecule has 1 aliphatic rings. The predicted molar refractivity (Wildman–Crippen MR) is 34.3 cm³/mol. The van der Waals surface area contributed by atoms with Gasteiger partial charge in [0, 0.05) is 12.5 Å². The molecule has 4 heteroatoms. The van der Waals surface area contributed by atoms with Crippen LogP contribution in [0.2, 0.25) is 0 Å². The highest BCUT2D eigenvalue weighted by Crippen LogP contribution is 2.08. The zero-order valence-electron chi connectivity index (χ0n) is 5.41. The van der Waals surface area contributed by atoms with E-state index in [-0.39, 0.29) is 11.8 Å². The molecular weight excluding hydrogens is 134 g/mol. The number of ether oxygens (including phenoxy) is 1. The Morgan fingerprint density at radius 1 is 1.90 bits per heavy atom. The predicted octanol–water partition coefficient (Wildman–Crippen LogP) is -0.298. The van der Waals surface area contributed by atoms with E-state index < -0.39 is 5.97 Å². The summed E-state index contributed by atoms with van der Waals surface area (Å²) in [6, 6.07) is -0.167. The van der Waals surface area contributed by atoms with Crippen LogP contribution in [0.15, 0.2) is 11.8 Å². The van der Waals surface area contributed by atoms with Crippen LogP contribution >= 0.6 is 0 Å². The van der Waals surface area contributed by atoms with E-state index in [4.69, 9.17) is 15.6 Å². The summed E-state index contributed by atoms with van der Waals surface area (Å²) >= 11 is 0. The van der Waals surface area contributed by atoms with Crippen LogP contribution in [0.25, 0.3) is 0 Å². The van der Waals surface area contributed by atoms with Gasteiger partial charge >= 0.3 is 5.97 Å². The van der Waals surface area contributed by atoms with Gasteiger partial charge in [0.2, 0.25) is 5.76 Å². The lowest BCUT2D eigenvalue weighted by Gasteiger charge is -2.15. The van der Waals surface area contributed by atoms with Gasteiger partial charge in [-0.2, -0.15) is 0 Å². The van der Waals surface area contributed by atoms with E-state index in [0.29, 0.717) is 13.0 Å². The SMILES string of the molecule is NC1C=C(C(=O)O)OCC1. The maximum absolute atomic E-state index is 10.3. The highest BCUT2D eigenvalue weighted by atomic mass is 16.5. The van der Waals surface area contributed by atoms with E-state index in [9.17, 15) is 4.79 Å². The van der Waals surface area contributed by atoms with E-state index in [1.165, 1.54) is 6.08 Å². The van der Waals surface area contributed by atoms with E-state index >= 15 is 0 Å². The topological polar surface area (TPSA) is 72.6 Å². The van der Waals surface area contributed by atoms with Crippen LogP contribution in [0, 0.1) is 0 Å². The number of carboxylic acid groups (broad SMARTS) is 1. The molecule has 3 N–H and O–H groups in total. The first-order valence-electron chi connectivity index (χ1n) is 3.03. The summed E-state index contributed by atoms with van der Waals surface area (Å²) in [4.78, 5) is 10.3. The second-order valence-corrected chi connectivity index (χ2v) is 2.14. The Morgan fingerprint density at radius 3 is 3.00 bits per heavy atom. The largest absolute Gasteiger partial charge is 0.487 e. The number of carboxylic acids is 1. The summed E-state index contributed by atoms with van der Waals surface area (Å²) in [6.07, 6.45) is 2.11. The van der Waals surface area contributed by atoms with Gasteiger partial charge in [-0.15, -0.1) is 0 Å². The summed E-state index contributed by atoms with van der Waals surface area (Å²) in [5.41, 5.74) is 5.44. The van der Waals surface area contributed by atoms with Gasteiger partial charge in [0.05, 0.1) is 6.61 Å². The Kier molecular flexibility index (Phi) is 1.91. The first-order chi connectivity index (χ1) is 4.70. The molecule has 1 unspecified atom stereocenters. The molecular formula is C6H9NO3. The molecule has 56 valence electrons. The lowest BCUT2D eigenvalue weighted by molar-refractivity contribution is -0.137. The van der Waals surface area contributed by atoms with Crippen molar-refractivity contribution >= 4 is 5.97 Å². The number of nitrogens with two attached hydrogens (primary N) is 1. The lowest BCUT2D eigenvalue weighted by atomic mass is 10.2. The molecule has 0 aliphatic carbocycles. The van der Waals surface area contributed by atoms with Gasteiger partial charge in [0.15, 0.2) is 0 Å². The summed E-state index contributed by atoms with van der Waals surface area (Å²) in [6.45, 7) is 0.402. The van der Waals surface area contributed by atoms with Crippen molar-refractivity contribution in [1.29, 1.82) is 0 Å². The third-order valence-corrected chi connectivity index (χ3v) is 1.28.